The molecule has 1 amide bonds. The fourth-order valence-corrected chi connectivity index (χ4v) is 2.70. The molecule has 0 fully saturated rings. The van der Waals surface area contributed by atoms with Gasteiger partial charge in [0.05, 0.1) is 5.56 Å². The molecule has 0 radical (unpaired) electrons. The number of amidine groups is 1. The summed E-state index contributed by atoms with van der Waals surface area (Å²) in [6.07, 6.45) is 2.40. The first kappa shape index (κ1) is 22.9. The minimum atomic E-state index is -3.29. The number of rotatable bonds is 9. The summed E-state index contributed by atoms with van der Waals surface area (Å²) < 4.78 is 34.7. The molecule has 0 bridgehead atoms. The SMILES string of the molecule is CCCc1ccc(NC(=O)c2ccc(C#N)cn2)cc1C(F)(F)COCC(N)=NC. The first-order valence-electron chi connectivity index (χ1n) is 9.28. The molecule has 30 heavy (non-hydrogen) atoms. The highest BCUT2D eigenvalue weighted by Crippen LogP contribution is 2.34. The molecule has 2 rings (SSSR count). The van der Waals surface area contributed by atoms with E-state index in [1.165, 1.54) is 31.4 Å². The standard InChI is InChI=1S/C21H23F2N5O2/c1-3-4-15-6-7-16(28-20(29)18-8-5-14(10-24)11-27-18)9-17(15)21(22,23)13-30-12-19(25)26-2/h5-9,11H,3-4,12-13H2,1-2H3,(H2,25,26)(H,28,29). The van der Waals surface area contributed by atoms with Crippen LogP contribution in [0.4, 0.5) is 14.5 Å². The van der Waals surface area contributed by atoms with Crippen LogP contribution in [0.3, 0.4) is 0 Å². The minimum absolute atomic E-state index is 0.0672. The zero-order valence-corrected chi connectivity index (χ0v) is 16.8. The molecule has 0 unspecified atom stereocenters. The number of amides is 1. The fourth-order valence-electron chi connectivity index (χ4n) is 2.70. The van der Waals surface area contributed by atoms with Crippen LogP contribution in [0, 0.1) is 11.3 Å². The van der Waals surface area contributed by atoms with Crippen LogP contribution >= 0.6 is 0 Å². The van der Waals surface area contributed by atoms with Gasteiger partial charge in [-0.05, 0) is 36.2 Å². The number of hydrogen-bond acceptors (Lipinski definition) is 5. The molecular weight excluding hydrogens is 392 g/mol. The quantitative estimate of drug-likeness (QED) is 0.482. The van der Waals surface area contributed by atoms with Crippen LogP contribution < -0.4 is 11.1 Å². The van der Waals surface area contributed by atoms with Crippen LogP contribution in [-0.2, 0) is 17.1 Å². The second kappa shape index (κ2) is 10.4. The molecule has 158 valence electrons. The van der Waals surface area contributed by atoms with Crippen LogP contribution in [0.25, 0.3) is 0 Å². The van der Waals surface area contributed by atoms with Gasteiger partial charge in [0, 0.05) is 24.5 Å². The van der Waals surface area contributed by atoms with Crippen molar-refractivity contribution in [2.45, 2.75) is 25.7 Å². The van der Waals surface area contributed by atoms with Gasteiger partial charge in [-0.2, -0.15) is 14.0 Å². The predicted octanol–water partition coefficient (Wildman–Crippen LogP) is 3.25. The molecule has 0 aliphatic rings. The number of nitrogens with zero attached hydrogens (tertiary/aromatic N) is 3. The van der Waals surface area contributed by atoms with Crippen LogP contribution in [0.15, 0.2) is 41.5 Å². The van der Waals surface area contributed by atoms with Crippen LogP contribution in [0.1, 0.15) is 40.5 Å². The lowest BCUT2D eigenvalue weighted by Gasteiger charge is -2.21. The van der Waals surface area contributed by atoms with E-state index in [0.29, 0.717) is 24.0 Å². The number of halogens is 2. The first-order chi connectivity index (χ1) is 14.3. The Kier molecular flexibility index (Phi) is 7.95. The van der Waals surface area contributed by atoms with E-state index >= 15 is 0 Å². The summed E-state index contributed by atoms with van der Waals surface area (Å²) in [7, 11) is 1.45. The van der Waals surface area contributed by atoms with Gasteiger partial charge < -0.3 is 15.8 Å². The number of carbonyl (C=O) groups excluding carboxylic acids is 1. The first-order valence-corrected chi connectivity index (χ1v) is 9.28. The highest BCUT2D eigenvalue weighted by Gasteiger charge is 2.34. The molecule has 0 spiro atoms. The number of aromatic nitrogens is 1. The smallest absolute Gasteiger partial charge is 0.296 e. The number of benzene rings is 1. The number of nitrogens with two attached hydrogens (primary N) is 1. The number of aliphatic imine (C=N–C) groups is 1. The molecule has 7 nitrogen and oxygen atoms in total. The van der Waals surface area contributed by atoms with Gasteiger partial charge >= 0.3 is 0 Å². The molecule has 2 aromatic rings. The number of nitriles is 1. The molecule has 1 aromatic heterocycles. The van der Waals surface area contributed by atoms with Crippen molar-refractivity contribution in [2.75, 3.05) is 25.6 Å². The summed E-state index contributed by atoms with van der Waals surface area (Å²) in [5.41, 5.74) is 6.31. The van der Waals surface area contributed by atoms with Gasteiger partial charge in [0.1, 0.15) is 30.8 Å². The van der Waals surface area contributed by atoms with E-state index in [4.69, 9.17) is 15.7 Å². The van der Waals surface area contributed by atoms with E-state index in [1.54, 1.807) is 12.1 Å². The fraction of sp³-hybridized carbons (Fsp3) is 0.333. The number of alkyl halides is 2. The van der Waals surface area contributed by atoms with E-state index in [1.807, 2.05) is 13.0 Å². The van der Waals surface area contributed by atoms with Crippen molar-refractivity contribution in [2.24, 2.45) is 10.7 Å². The van der Waals surface area contributed by atoms with Gasteiger partial charge in [0.15, 0.2) is 0 Å². The highest BCUT2D eigenvalue weighted by molar-refractivity contribution is 6.02. The van der Waals surface area contributed by atoms with E-state index in [2.05, 4.69) is 15.3 Å². The third kappa shape index (κ3) is 6.06. The number of ether oxygens (including phenoxy) is 1. The van der Waals surface area contributed by atoms with Crippen molar-refractivity contribution in [1.29, 1.82) is 5.26 Å². The Labute approximate surface area is 173 Å². The van der Waals surface area contributed by atoms with Gasteiger partial charge in [0.2, 0.25) is 0 Å². The molecule has 1 aromatic carbocycles. The summed E-state index contributed by atoms with van der Waals surface area (Å²) in [5.74, 6) is -3.73. The maximum absolute atomic E-state index is 14.9. The zero-order chi connectivity index (χ0) is 22.1. The monoisotopic (exact) mass is 415 g/mol. The number of anilines is 1. The lowest BCUT2D eigenvalue weighted by atomic mass is 9.97. The summed E-state index contributed by atoms with van der Waals surface area (Å²) >= 11 is 0. The number of nitrogens with one attached hydrogen (secondary N) is 1. The average molecular weight is 415 g/mol. The third-order valence-corrected chi connectivity index (χ3v) is 4.23. The predicted molar refractivity (Wildman–Crippen MR) is 110 cm³/mol. The third-order valence-electron chi connectivity index (χ3n) is 4.23. The highest BCUT2D eigenvalue weighted by atomic mass is 19.3. The van der Waals surface area contributed by atoms with Crippen LogP contribution in [-0.4, -0.2) is 37.0 Å². The molecule has 0 aliphatic carbocycles. The Hall–Kier alpha value is -3.38. The molecule has 1 heterocycles. The number of hydrogen-bond donors (Lipinski definition) is 2. The second-order valence-corrected chi connectivity index (χ2v) is 6.53. The Morgan fingerprint density at radius 1 is 1.37 bits per heavy atom. The van der Waals surface area contributed by atoms with Crippen LogP contribution in [0.2, 0.25) is 0 Å². The molecule has 9 heteroatoms. The lowest BCUT2D eigenvalue weighted by Crippen LogP contribution is -2.27. The summed E-state index contributed by atoms with van der Waals surface area (Å²) in [5, 5.41) is 11.4. The topological polar surface area (TPSA) is 113 Å². The van der Waals surface area contributed by atoms with Crippen molar-refractivity contribution in [3.63, 3.8) is 0 Å². The Morgan fingerprint density at radius 2 is 2.13 bits per heavy atom. The van der Waals surface area contributed by atoms with E-state index in [9.17, 15) is 13.6 Å². The summed E-state index contributed by atoms with van der Waals surface area (Å²) in [6, 6.07) is 9.13. The average Bonchev–Trinajstić information content (AvgIpc) is 2.74. The molecule has 0 saturated carbocycles. The maximum Gasteiger partial charge on any atom is 0.296 e. The van der Waals surface area contributed by atoms with Crippen molar-refractivity contribution >= 4 is 17.4 Å². The van der Waals surface area contributed by atoms with E-state index < -0.39 is 18.4 Å². The number of pyridine rings is 1. The largest absolute Gasteiger partial charge is 0.386 e. The second-order valence-electron chi connectivity index (χ2n) is 6.53. The molecule has 0 saturated heterocycles. The number of carbonyl (C=O) groups is 1. The molecule has 3 N–H and O–H groups in total. The van der Waals surface area contributed by atoms with Gasteiger partial charge in [0.25, 0.3) is 11.8 Å². The molecule has 0 aliphatic heterocycles. The number of aryl methyl sites for hydroxylation is 1. The Balaban J connectivity index is 2.23. The summed E-state index contributed by atoms with van der Waals surface area (Å²) in [4.78, 5) is 19.9. The van der Waals surface area contributed by atoms with Crippen molar-refractivity contribution < 1.29 is 18.3 Å². The van der Waals surface area contributed by atoms with Crippen molar-refractivity contribution in [3.05, 3.63) is 58.9 Å². The zero-order valence-electron chi connectivity index (χ0n) is 16.8. The van der Waals surface area contributed by atoms with Gasteiger partial charge in [-0.25, -0.2) is 4.98 Å². The molecular formula is C21H23F2N5O2. The van der Waals surface area contributed by atoms with E-state index in [0.717, 1.165) is 0 Å². The minimum Gasteiger partial charge on any atom is -0.386 e. The maximum atomic E-state index is 14.9. The molecule has 0 atom stereocenters. The van der Waals surface area contributed by atoms with Gasteiger partial charge in [-0.1, -0.05) is 19.4 Å². The van der Waals surface area contributed by atoms with E-state index in [-0.39, 0.29) is 29.4 Å². The summed E-state index contributed by atoms with van der Waals surface area (Å²) in [6.45, 7) is 0.827. The lowest BCUT2D eigenvalue weighted by molar-refractivity contribution is -0.0758. The van der Waals surface area contributed by atoms with Crippen molar-refractivity contribution in [1.82, 2.24) is 4.98 Å². The van der Waals surface area contributed by atoms with Gasteiger partial charge in [-0.15, -0.1) is 0 Å². The van der Waals surface area contributed by atoms with Crippen molar-refractivity contribution in [3.8, 4) is 6.07 Å². The Morgan fingerprint density at radius 3 is 2.73 bits per heavy atom. The van der Waals surface area contributed by atoms with Crippen LogP contribution in [0.5, 0.6) is 0 Å². The Bertz CT molecular complexity index is 953. The normalized spacial score (nSPS) is 11.8. The van der Waals surface area contributed by atoms with Gasteiger partial charge in [-0.3, -0.25) is 9.79 Å².